The third-order valence-corrected chi connectivity index (χ3v) is 4.97. The number of piperazine rings is 1. The first kappa shape index (κ1) is 18.9. The van der Waals surface area contributed by atoms with Gasteiger partial charge < -0.3 is 19.0 Å². The van der Waals surface area contributed by atoms with Gasteiger partial charge in [-0.05, 0) is 36.4 Å². The Bertz CT molecular complexity index is 934. The number of carbonyl (C=O) groups excluding carboxylic acids is 1. The number of amides is 1. The van der Waals surface area contributed by atoms with Gasteiger partial charge in [-0.1, -0.05) is 6.07 Å². The molecule has 0 N–H and O–H groups in total. The summed E-state index contributed by atoms with van der Waals surface area (Å²) in [7, 11) is 1.66. The van der Waals surface area contributed by atoms with Gasteiger partial charge in [-0.3, -0.25) is 9.78 Å². The van der Waals surface area contributed by atoms with Gasteiger partial charge in [-0.2, -0.15) is 0 Å². The first-order valence-corrected chi connectivity index (χ1v) is 9.63. The molecule has 3 heterocycles. The maximum absolute atomic E-state index is 12.6. The Hall–Kier alpha value is -3.42. The van der Waals surface area contributed by atoms with Crippen molar-refractivity contribution in [1.82, 2.24) is 20.1 Å². The molecule has 1 aliphatic heterocycles. The number of nitrogens with zero attached hydrogens (tertiary/aromatic N) is 5. The Morgan fingerprint density at radius 1 is 1.07 bits per heavy atom. The molecule has 2 aromatic heterocycles. The number of rotatable bonds is 6. The number of hydrogen-bond donors (Lipinski definition) is 0. The Morgan fingerprint density at radius 3 is 2.55 bits per heavy atom. The van der Waals surface area contributed by atoms with Crippen LogP contribution in [0.5, 0.6) is 5.75 Å². The van der Waals surface area contributed by atoms with E-state index in [1.807, 2.05) is 47.4 Å². The number of aromatic nitrogens is 3. The first-order valence-electron chi connectivity index (χ1n) is 9.63. The second-order valence-corrected chi connectivity index (χ2v) is 6.78. The number of hydrogen-bond acceptors (Lipinski definition) is 7. The van der Waals surface area contributed by atoms with Crippen LogP contribution in [0.2, 0.25) is 0 Å². The maximum atomic E-state index is 12.6. The van der Waals surface area contributed by atoms with Gasteiger partial charge in [0.25, 0.3) is 5.89 Å². The number of aryl methyl sites for hydroxylation is 1. The van der Waals surface area contributed by atoms with E-state index < -0.39 is 0 Å². The largest absolute Gasteiger partial charge is 0.497 e. The normalized spacial score (nSPS) is 14.1. The third-order valence-electron chi connectivity index (χ3n) is 4.97. The second-order valence-electron chi connectivity index (χ2n) is 6.78. The van der Waals surface area contributed by atoms with Crippen molar-refractivity contribution in [2.75, 3.05) is 38.2 Å². The van der Waals surface area contributed by atoms with Crippen LogP contribution in [0.25, 0.3) is 11.6 Å². The topological polar surface area (TPSA) is 84.6 Å². The molecule has 0 aliphatic carbocycles. The van der Waals surface area contributed by atoms with Gasteiger partial charge in [0.2, 0.25) is 11.8 Å². The zero-order valence-electron chi connectivity index (χ0n) is 16.3. The van der Waals surface area contributed by atoms with Crippen LogP contribution in [0, 0.1) is 0 Å². The van der Waals surface area contributed by atoms with E-state index >= 15 is 0 Å². The molecule has 0 atom stereocenters. The minimum Gasteiger partial charge on any atom is -0.497 e. The Morgan fingerprint density at radius 2 is 1.86 bits per heavy atom. The van der Waals surface area contributed by atoms with Crippen LogP contribution in [0.3, 0.4) is 0 Å². The van der Waals surface area contributed by atoms with Crippen LogP contribution < -0.4 is 9.64 Å². The zero-order valence-corrected chi connectivity index (χ0v) is 16.3. The summed E-state index contributed by atoms with van der Waals surface area (Å²) in [4.78, 5) is 20.9. The van der Waals surface area contributed by atoms with E-state index in [0.717, 1.165) is 24.5 Å². The average Bonchev–Trinajstić information content (AvgIpc) is 3.27. The van der Waals surface area contributed by atoms with Gasteiger partial charge in [0.1, 0.15) is 11.4 Å². The summed E-state index contributed by atoms with van der Waals surface area (Å²) in [5, 5.41) is 8.04. The number of pyridine rings is 1. The summed E-state index contributed by atoms with van der Waals surface area (Å²) >= 11 is 0. The summed E-state index contributed by atoms with van der Waals surface area (Å²) in [6.07, 6.45) is 2.46. The van der Waals surface area contributed by atoms with E-state index in [2.05, 4.69) is 20.1 Å². The van der Waals surface area contributed by atoms with E-state index in [-0.39, 0.29) is 5.91 Å². The first-order chi connectivity index (χ1) is 14.2. The summed E-state index contributed by atoms with van der Waals surface area (Å²) in [5.41, 5.74) is 1.78. The second kappa shape index (κ2) is 8.72. The molecule has 0 unspecified atom stereocenters. The van der Waals surface area contributed by atoms with Crippen LogP contribution in [-0.2, 0) is 11.2 Å². The van der Waals surface area contributed by atoms with Crippen molar-refractivity contribution < 1.29 is 13.9 Å². The highest BCUT2D eigenvalue weighted by atomic mass is 16.5. The number of benzene rings is 1. The lowest BCUT2D eigenvalue weighted by atomic mass is 10.2. The standard InChI is InChI=1S/C21H23N5O3/c1-28-17-7-5-16(6-8-17)25-12-14-26(15-13-25)20(27)10-9-19-23-24-21(29-19)18-4-2-3-11-22-18/h2-8,11H,9-10,12-15H2,1H3. The molecule has 150 valence electrons. The monoisotopic (exact) mass is 393 g/mol. The van der Waals surface area contributed by atoms with Crippen LogP contribution in [0.1, 0.15) is 12.3 Å². The molecule has 0 radical (unpaired) electrons. The van der Waals surface area contributed by atoms with Crippen LogP contribution in [0.4, 0.5) is 5.69 Å². The number of methoxy groups -OCH3 is 1. The smallest absolute Gasteiger partial charge is 0.266 e. The Labute approximate surface area is 169 Å². The molecule has 0 bridgehead atoms. The van der Waals surface area contributed by atoms with Gasteiger partial charge in [0.05, 0.1) is 7.11 Å². The van der Waals surface area contributed by atoms with Gasteiger partial charge in [-0.15, -0.1) is 10.2 Å². The van der Waals surface area contributed by atoms with E-state index in [1.54, 1.807) is 13.3 Å². The molecule has 4 rings (SSSR count). The fraction of sp³-hybridized carbons (Fsp3) is 0.333. The fourth-order valence-electron chi connectivity index (χ4n) is 3.33. The van der Waals surface area contributed by atoms with E-state index in [9.17, 15) is 4.79 Å². The quantitative estimate of drug-likeness (QED) is 0.636. The molecule has 1 fully saturated rings. The van der Waals surface area contributed by atoms with Gasteiger partial charge in [0, 0.05) is 50.9 Å². The molecule has 0 spiro atoms. The highest BCUT2D eigenvalue weighted by Gasteiger charge is 2.22. The summed E-state index contributed by atoms with van der Waals surface area (Å²) in [6, 6.07) is 13.5. The van der Waals surface area contributed by atoms with E-state index in [1.165, 1.54) is 0 Å². The summed E-state index contributed by atoms with van der Waals surface area (Å²) in [6.45, 7) is 3.02. The molecule has 1 aromatic carbocycles. The molecule has 8 nitrogen and oxygen atoms in total. The molecule has 3 aromatic rings. The molecule has 1 saturated heterocycles. The molecule has 1 amide bonds. The average molecular weight is 393 g/mol. The number of ether oxygens (including phenoxy) is 1. The lowest BCUT2D eigenvalue weighted by molar-refractivity contribution is -0.131. The van der Waals surface area contributed by atoms with Gasteiger partial charge >= 0.3 is 0 Å². The van der Waals surface area contributed by atoms with Crippen molar-refractivity contribution in [3.8, 4) is 17.3 Å². The summed E-state index contributed by atoms with van der Waals surface area (Å²) in [5.74, 6) is 1.78. The predicted octanol–water partition coefficient (Wildman–Crippen LogP) is 2.42. The van der Waals surface area contributed by atoms with Crippen molar-refractivity contribution in [3.63, 3.8) is 0 Å². The van der Waals surface area contributed by atoms with Gasteiger partial charge in [-0.25, -0.2) is 0 Å². The lowest BCUT2D eigenvalue weighted by Crippen LogP contribution is -2.48. The number of carbonyl (C=O) groups is 1. The minimum absolute atomic E-state index is 0.108. The highest BCUT2D eigenvalue weighted by Crippen LogP contribution is 2.21. The zero-order chi connectivity index (χ0) is 20.1. The number of anilines is 1. The summed E-state index contributed by atoms with van der Waals surface area (Å²) < 4.78 is 10.8. The van der Waals surface area contributed by atoms with Crippen molar-refractivity contribution in [3.05, 3.63) is 54.6 Å². The van der Waals surface area contributed by atoms with Crippen molar-refractivity contribution in [2.45, 2.75) is 12.8 Å². The van der Waals surface area contributed by atoms with Crippen LogP contribution in [-0.4, -0.2) is 59.3 Å². The molecular weight excluding hydrogens is 370 g/mol. The molecule has 0 saturated carbocycles. The van der Waals surface area contributed by atoms with Crippen LogP contribution in [0.15, 0.2) is 53.1 Å². The van der Waals surface area contributed by atoms with Gasteiger partial charge in [0.15, 0.2) is 0 Å². The predicted molar refractivity (Wildman–Crippen MR) is 108 cm³/mol. The SMILES string of the molecule is COc1ccc(N2CCN(C(=O)CCc3nnc(-c4ccccn4)o3)CC2)cc1. The van der Waals surface area contributed by atoms with E-state index in [0.29, 0.717) is 43.4 Å². The van der Waals surface area contributed by atoms with Crippen LogP contribution >= 0.6 is 0 Å². The van der Waals surface area contributed by atoms with E-state index in [4.69, 9.17) is 9.15 Å². The Balaban J connectivity index is 1.26. The molecular formula is C21H23N5O3. The maximum Gasteiger partial charge on any atom is 0.266 e. The highest BCUT2D eigenvalue weighted by molar-refractivity contribution is 5.76. The molecule has 1 aliphatic rings. The lowest BCUT2D eigenvalue weighted by Gasteiger charge is -2.36. The molecule has 29 heavy (non-hydrogen) atoms. The van der Waals surface area contributed by atoms with Crippen molar-refractivity contribution in [1.29, 1.82) is 0 Å². The molecule has 8 heteroatoms. The Kier molecular flexibility index (Phi) is 5.69. The fourth-order valence-corrected chi connectivity index (χ4v) is 3.33. The van der Waals surface area contributed by atoms with Crippen molar-refractivity contribution >= 4 is 11.6 Å². The minimum atomic E-state index is 0.108. The third kappa shape index (κ3) is 4.53. The van der Waals surface area contributed by atoms with Crippen molar-refractivity contribution in [2.24, 2.45) is 0 Å².